The van der Waals surface area contributed by atoms with Crippen molar-refractivity contribution in [3.8, 4) is 0 Å². The summed E-state index contributed by atoms with van der Waals surface area (Å²) < 4.78 is 0. The summed E-state index contributed by atoms with van der Waals surface area (Å²) in [6.45, 7) is 2.42. The van der Waals surface area contributed by atoms with Crippen molar-refractivity contribution in [1.29, 1.82) is 0 Å². The Labute approximate surface area is 111 Å². The fraction of sp³-hybridized carbons (Fsp3) is 0.385. The number of carbonyl (C=O) groups excluding carboxylic acids is 2. The molecule has 2 rings (SSSR count). The van der Waals surface area contributed by atoms with E-state index in [1.165, 1.54) is 4.90 Å². The molecule has 1 fully saturated rings. The van der Waals surface area contributed by atoms with Gasteiger partial charge >= 0.3 is 0 Å². The SMILES string of the molecule is CCCN1C(=O)CC(Nc2ccccc2Cl)C1=O. The minimum absolute atomic E-state index is 0.119. The summed E-state index contributed by atoms with van der Waals surface area (Å²) >= 11 is 6.01. The van der Waals surface area contributed by atoms with Gasteiger partial charge in [0.2, 0.25) is 5.91 Å². The van der Waals surface area contributed by atoms with Crippen LogP contribution in [0.3, 0.4) is 0 Å². The Morgan fingerprint density at radius 2 is 2.11 bits per heavy atom. The number of amides is 2. The lowest BCUT2D eigenvalue weighted by atomic mass is 10.2. The van der Waals surface area contributed by atoms with E-state index in [9.17, 15) is 9.59 Å². The Morgan fingerprint density at radius 3 is 2.78 bits per heavy atom. The predicted molar refractivity (Wildman–Crippen MR) is 70.5 cm³/mol. The maximum atomic E-state index is 12.0. The largest absolute Gasteiger partial charge is 0.372 e. The zero-order chi connectivity index (χ0) is 13.1. The van der Waals surface area contributed by atoms with Gasteiger partial charge in [0, 0.05) is 6.54 Å². The van der Waals surface area contributed by atoms with Crippen LogP contribution < -0.4 is 5.32 Å². The van der Waals surface area contributed by atoms with Gasteiger partial charge in [-0.1, -0.05) is 30.7 Å². The van der Waals surface area contributed by atoms with Crippen molar-refractivity contribution in [3.63, 3.8) is 0 Å². The second-order valence-corrected chi connectivity index (χ2v) is 4.67. The number of hydrogen-bond donors (Lipinski definition) is 1. The highest BCUT2D eigenvalue weighted by molar-refractivity contribution is 6.33. The molecule has 4 nitrogen and oxygen atoms in total. The zero-order valence-electron chi connectivity index (χ0n) is 10.1. The number of anilines is 1. The zero-order valence-corrected chi connectivity index (χ0v) is 10.9. The molecule has 2 amide bonds. The summed E-state index contributed by atoms with van der Waals surface area (Å²) in [5, 5.41) is 3.58. The molecule has 96 valence electrons. The molecule has 1 heterocycles. The van der Waals surface area contributed by atoms with E-state index in [1.807, 2.05) is 19.1 Å². The molecule has 0 aromatic heterocycles. The molecule has 1 saturated heterocycles. The van der Waals surface area contributed by atoms with Gasteiger partial charge < -0.3 is 5.32 Å². The van der Waals surface area contributed by atoms with Gasteiger partial charge in [-0.2, -0.15) is 0 Å². The van der Waals surface area contributed by atoms with Crippen LogP contribution in [0.2, 0.25) is 5.02 Å². The summed E-state index contributed by atoms with van der Waals surface area (Å²) in [6.07, 6.45) is 0.973. The number of para-hydroxylation sites is 1. The number of nitrogens with one attached hydrogen (secondary N) is 1. The molecule has 1 unspecified atom stereocenters. The normalized spacial score (nSPS) is 19.4. The number of benzene rings is 1. The molecular weight excluding hydrogens is 252 g/mol. The average molecular weight is 267 g/mol. The number of rotatable bonds is 4. The Kier molecular flexibility index (Phi) is 3.87. The highest BCUT2D eigenvalue weighted by atomic mass is 35.5. The molecule has 18 heavy (non-hydrogen) atoms. The van der Waals surface area contributed by atoms with Gasteiger partial charge in [-0.15, -0.1) is 0 Å². The second-order valence-electron chi connectivity index (χ2n) is 4.26. The summed E-state index contributed by atoms with van der Waals surface area (Å²) in [5.74, 6) is -0.284. The minimum Gasteiger partial charge on any atom is -0.372 e. The summed E-state index contributed by atoms with van der Waals surface area (Å²) in [6, 6.07) is 6.69. The van der Waals surface area contributed by atoms with Gasteiger partial charge in [-0.3, -0.25) is 14.5 Å². The van der Waals surface area contributed by atoms with Crippen molar-refractivity contribution in [2.75, 3.05) is 11.9 Å². The van der Waals surface area contributed by atoms with Crippen LogP contribution in [0.1, 0.15) is 19.8 Å². The van der Waals surface area contributed by atoms with Gasteiger partial charge in [-0.05, 0) is 18.6 Å². The Bertz CT molecular complexity index is 476. The molecule has 1 atom stereocenters. The molecule has 1 aromatic rings. The van der Waals surface area contributed by atoms with Crippen molar-refractivity contribution < 1.29 is 9.59 Å². The fourth-order valence-electron chi connectivity index (χ4n) is 2.02. The van der Waals surface area contributed by atoms with E-state index >= 15 is 0 Å². The molecule has 5 heteroatoms. The lowest BCUT2D eigenvalue weighted by Crippen LogP contribution is -2.35. The molecule has 0 radical (unpaired) electrons. The van der Waals surface area contributed by atoms with Crippen molar-refractivity contribution in [2.45, 2.75) is 25.8 Å². The second kappa shape index (κ2) is 5.40. The van der Waals surface area contributed by atoms with Crippen molar-refractivity contribution in [3.05, 3.63) is 29.3 Å². The van der Waals surface area contributed by atoms with E-state index < -0.39 is 6.04 Å². The molecular formula is C13H15ClN2O2. The molecule has 0 saturated carbocycles. The maximum absolute atomic E-state index is 12.0. The number of halogens is 1. The van der Waals surface area contributed by atoms with Crippen LogP contribution in [0.15, 0.2) is 24.3 Å². The van der Waals surface area contributed by atoms with Gasteiger partial charge in [0.25, 0.3) is 5.91 Å². The van der Waals surface area contributed by atoms with E-state index in [4.69, 9.17) is 11.6 Å². The van der Waals surface area contributed by atoms with Crippen LogP contribution >= 0.6 is 11.6 Å². The summed E-state index contributed by atoms with van der Waals surface area (Å²) in [7, 11) is 0. The third-order valence-electron chi connectivity index (χ3n) is 2.89. The Hall–Kier alpha value is -1.55. The Morgan fingerprint density at radius 1 is 1.39 bits per heavy atom. The van der Waals surface area contributed by atoms with Gasteiger partial charge in [-0.25, -0.2) is 0 Å². The van der Waals surface area contributed by atoms with Crippen LogP contribution in [-0.4, -0.2) is 29.3 Å². The van der Waals surface area contributed by atoms with Crippen LogP contribution in [0.5, 0.6) is 0 Å². The van der Waals surface area contributed by atoms with Crippen LogP contribution in [0.4, 0.5) is 5.69 Å². The first-order valence-electron chi connectivity index (χ1n) is 5.98. The molecule has 1 aliphatic heterocycles. The monoisotopic (exact) mass is 266 g/mol. The predicted octanol–water partition coefficient (Wildman–Crippen LogP) is 2.29. The van der Waals surface area contributed by atoms with Crippen LogP contribution in [-0.2, 0) is 9.59 Å². The first kappa shape index (κ1) is 12.9. The van der Waals surface area contributed by atoms with Gasteiger partial charge in [0.05, 0.1) is 17.1 Å². The molecule has 0 aliphatic carbocycles. The lowest BCUT2D eigenvalue weighted by Gasteiger charge is -2.15. The number of carbonyl (C=O) groups is 2. The topological polar surface area (TPSA) is 49.4 Å². The average Bonchev–Trinajstić information content (AvgIpc) is 2.60. The van der Waals surface area contributed by atoms with Crippen molar-refractivity contribution >= 4 is 29.1 Å². The lowest BCUT2D eigenvalue weighted by molar-refractivity contribution is -0.138. The summed E-state index contributed by atoms with van der Waals surface area (Å²) in [5.41, 5.74) is 0.684. The standard InChI is InChI=1S/C13H15ClN2O2/c1-2-7-16-12(17)8-11(13(16)18)15-10-6-4-3-5-9(10)14/h3-6,11,15H,2,7-8H2,1H3. The maximum Gasteiger partial charge on any atom is 0.252 e. The number of nitrogens with zero attached hydrogens (tertiary/aromatic N) is 1. The first-order chi connectivity index (χ1) is 8.63. The summed E-state index contributed by atoms with van der Waals surface area (Å²) in [4.78, 5) is 25.0. The van der Waals surface area contributed by atoms with Crippen LogP contribution in [0, 0.1) is 0 Å². The van der Waals surface area contributed by atoms with E-state index in [0.29, 0.717) is 17.3 Å². The van der Waals surface area contributed by atoms with E-state index in [-0.39, 0.29) is 18.2 Å². The Balaban J connectivity index is 2.10. The number of imide groups is 1. The van der Waals surface area contributed by atoms with Gasteiger partial charge in [0.15, 0.2) is 0 Å². The third kappa shape index (κ3) is 2.48. The highest BCUT2D eigenvalue weighted by Crippen LogP contribution is 2.24. The first-order valence-corrected chi connectivity index (χ1v) is 6.36. The number of hydrogen-bond acceptors (Lipinski definition) is 3. The van der Waals surface area contributed by atoms with Crippen molar-refractivity contribution in [1.82, 2.24) is 4.90 Å². The number of likely N-dealkylation sites (tertiary alicyclic amines) is 1. The fourth-order valence-corrected chi connectivity index (χ4v) is 2.21. The molecule has 1 N–H and O–H groups in total. The van der Waals surface area contributed by atoms with Crippen LogP contribution in [0.25, 0.3) is 0 Å². The minimum atomic E-state index is -0.496. The van der Waals surface area contributed by atoms with E-state index in [1.54, 1.807) is 12.1 Å². The molecule has 1 aliphatic rings. The third-order valence-corrected chi connectivity index (χ3v) is 3.22. The molecule has 1 aromatic carbocycles. The molecule has 0 spiro atoms. The molecule has 0 bridgehead atoms. The van der Waals surface area contributed by atoms with E-state index in [2.05, 4.69) is 5.32 Å². The van der Waals surface area contributed by atoms with Crippen molar-refractivity contribution in [2.24, 2.45) is 0 Å². The van der Waals surface area contributed by atoms with Gasteiger partial charge in [0.1, 0.15) is 6.04 Å². The smallest absolute Gasteiger partial charge is 0.252 e. The highest BCUT2D eigenvalue weighted by Gasteiger charge is 2.37. The quantitative estimate of drug-likeness (QED) is 0.851. The van der Waals surface area contributed by atoms with E-state index in [0.717, 1.165) is 6.42 Å².